The minimum atomic E-state index is -0.116. The number of nitrogens with one attached hydrogen (secondary N) is 1. The number of amides is 1. The molecule has 1 N–H and O–H groups in total. The maximum absolute atomic E-state index is 12.2. The standard InChI is InChI=1S/C19H22ClNO/c1-13(14-8-10-16(11-9-14)19(2,3)4)21-18(22)15-6-5-7-17(20)12-15/h5-13H,1-4H3,(H,21,22)/t13-/m0/s1. The first-order valence-corrected chi connectivity index (χ1v) is 7.82. The third-order valence-electron chi connectivity index (χ3n) is 3.71. The van der Waals surface area contributed by atoms with Gasteiger partial charge in [0.1, 0.15) is 0 Å². The highest BCUT2D eigenvalue weighted by Crippen LogP contribution is 2.24. The third kappa shape index (κ3) is 4.11. The monoisotopic (exact) mass is 315 g/mol. The maximum Gasteiger partial charge on any atom is 0.251 e. The molecule has 2 rings (SSSR count). The minimum absolute atomic E-state index is 0.0551. The van der Waals surface area contributed by atoms with Gasteiger partial charge in [-0.2, -0.15) is 0 Å². The van der Waals surface area contributed by atoms with E-state index in [9.17, 15) is 4.79 Å². The van der Waals surface area contributed by atoms with E-state index < -0.39 is 0 Å². The SMILES string of the molecule is C[C@H](NC(=O)c1cccc(Cl)c1)c1ccc(C(C)(C)C)cc1. The van der Waals surface area contributed by atoms with Gasteiger partial charge in [-0.05, 0) is 41.7 Å². The topological polar surface area (TPSA) is 29.1 Å². The van der Waals surface area contributed by atoms with Crippen LogP contribution in [0.4, 0.5) is 0 Å². The van der Waals surface area contributed by atoms with Crippen molar-refractivity contribution >= 4 is 17.5 Å². The van der Waals surface area contributed by atoms with Gasteiger partial charge in [-0.25, -0.2) is 0 Å². The van der Waals surface area contributed by atoms with Gasteiger partial charge >= 0.3 is 0 Å². The number of carbonyl (C=O) groups excluding carboxylic acids is 1. The van der Waals surface area contributed by atoms with Crippen molar-refractivity contribution in [3.8, 4) is 0 Å². The quantitative estimate of drug-likeness (QED) is 0.836. The van der Waals surface area contributed by atoms with E-state index in [-0.39, 0.29) is 17.4 Å². The molecule has 0 saturated heterocycles. The minimum Gasteiger partial charge on any atom is -0.346 e. The van der Waals surface area contributed by atoms with E-state index in [0.29, 0.717) is 10.6 Å². The molecule has 0 spiro atoms. The summed E-state index contributed by atoms with van der Waals surface area (Å²) >= 11 is 5.92. The fraction of sp³-hybridized carbons (Fsp3) is 0.316. The summed E-state index contributed by atoms with van der Waals surface area (Å²) < 4.78 is 0. The molecule has 0 aliphatic carbocycles. The molecule has 2 aromatic carbocycles. The molecule has 116 valence electrons. The lowest BCUT2D eigenvalue weighted by molar-refractivity contribution is 0.0940. The summed E-state index contributed by atoms with van der Waals surface area (Å²) in [5, 5.41) is 3.56. The second-order valence-corrected chi connectivity index (χ2v) is 7.01. The van der Waals surface area contributed by atoms with Crippen LogP contribution in [0.2, 0.25) is 5.02 Å². The van der Waals surface area contributed by atoms with Crippen LogP contribution in [-0.4, -0.2) is 5.91 Å². The van der Waals surface area contributed by atoms with E-state index in [1.807, 2.05) is 6.92 Å². The van der Waals surface area contributed by atoms with Crippen LogP contribution in [-0.2, 0) is 5.41 Å². The Bertz CT molecular complexity index is 656. The normalized spacial score (nSPS) is 12.8. The highest BCUT2D eigenvalue weighted by Gasteiger charge is 2.15. The molecule has 0 saturated carbocycles. The first-order valence-electron chi connectivity index (χ1n) is 7.44. The van der Waals surface area contributed by atoms with Crippen LogP contribution >= 0.6 is 11.6 Å². The van der Waals surface area contributed by atoms with Gasteiger partial charge in [0.2, 0.25) is 0 Å². The van der Waals surface area contributed by atoms with Gasteiger partial charge in [-0.1, -0.05) is 62.7 Å². The highest BCUT2D eigenvalue weighted by molar-refractivity contribution is 6.30. The van der Waals surface area contributed by atoms with Crippen LogP contribution in [0.25, 0.3) is 0 Å². The van der Waals surface area contributed by atoms with Gasteiger partial charge in [0.25, 0.3) is 5.91 Å². The summed E-state index contributed by atoms with van der Waals surface area (Å²) in [6.07, 6.45) is 0. The van der Waals surface area contributed by atoms with Crippen LogP contribution in [0.1, 0.15) is 55.2 Å². The van der Waals surface area contributed by atoms with Gasteiger partial charge in [-0.15, -0.1) is 0 Å². The third-order valence-corrected chi connectivity index (χ3v) is 3.95. The Morgan fingerprint density at radius 1 is 1.09 bits per heavy atom. The fourth-order valence-corrected chi connectivity index (χ4v) is 2.46. The molecule has 3 heteroatoms. The van der Waals surface area contributed by atoms with Crippen molar-refractivity contribution in [2.75, 3.05) is 0 Å². The lowest BCUT2D eigenvalue weighted by Gasteiger charge is -2.20. The largest absolute Gasteiger partial charge is 0.346 e. The van der Waals surface area contributed by atoms with E-state index >= 15 is 0 Å². The molecular weight excluding hydrogens is 294 g/mol. The molecular formula is C19H22ClNO. The Kier molecular flexibility index (Phi) is 4.92. The van der Waals surface area contributed by atoms with E-state index in [4.69, 9.17) is 11.6 Å². The molecule has 2 aromatic rings. The Labute approximate surface area is 137 Å². The predicted molar refractivity (Wildman–Crippen MR) is 92.5 cm³/mol. The maximum atomic E-state index is 12.2. The zero-order chi connectivity index (χ0) is 16.3. The van der Waals surface area contributed by atoms with Crippen molar-refractivity contribution in [2.45, 2.75) is 39.2 Å². The number of carbonyl (C=O) groups is 1. The number of benzene rings is 2. The molecule has 0 aromatic heterocycles. The van der Waals surface area contributed by atoms with E-state index in [2.05, 4.69) is 50.4 Å². The molecule has 1 atom stereocenters. The molecule has 22 heavy (non-hydrogen) atoms. The summed E-state index contributed by atoms with van der Waals surface area (Å²) in [5.74, 6) is -0.116. The van der Waals surface area contributed by atoms with Gasteiger partial charge in [-0.3, -0.25) is 4.79 Å². The van der Waals surface area contributed by atoms with Crippen LogP contribution in [0.5, 0.6) is 0 Å². The number of hydrogen-bond donors (Lipinski definition) is 1. The molecule has 0 unspecified atom stereocenters. The Balaban J connectivity index is 2.09. The molecule has 0 radical (unpaired) electrons. The zero-order valence-corrected chi connectivity index (χ0v) is 14.2. The van der Waals surface area contributed by atoms with Crippen LogP contribution in [0.15, 0.2) is 48.5 Å². The van der Waals surface area contributed by atoms with Crippen molar-refractivity contribution in [3.63, 3.8) is 0 Å². The average Bonchev–Trinajstić information content (AvgIpc) is 2.46. The summed E-state index contributed by atoms with van der Waals surface area (Å²) in [7, 11) is 0. The van der Waals surface area contributed by atoms with Crippen LogP contribution < -0.4 is 5.32 Å². The Morgan fingerprint density at radius 3 is 2.27 bits per heavy atom. The summed E-state index contributed by atoms with van der Waals surface area (Å²) in [5.41, 5.74) is 3.07. The summed E-state index contributed by atoms with van der Waals surface area (Å²) in [4.78, 5) is 12.2. The van der Waals surface area contributed by atoms with Crippen LogP contribution in [0, 0.1) is 0 Å². The Hall–Kier alpha value is -1.80. The lowest BCUT2D eigenvalue weighted by atomic mass is 9.86. The Morgan fingerprint density at radius 2 is 1.73 bits per heavy atom. The van der Waals surface area contributed by atoms with Crippen molar-refractivity contribution in [1.82, 2.24) is 5.32 Å². The first kappa shape index (κ1) is 16.6. The van der Waals surface area contributed by atoms with E-state index in [0.717, 1.165) is 5.56 Å². The average molecular weight is 316 g/mol. The van der Waals surface area contributed by atoms with Crippen molar-refractivity contribution < 1.29 is 4.79 Å². The molecule has 0 bridgehead atoms. The summed E-state index contributed by atoms with van der Waals surface area (Å²) in [6.45, 7) is 8.54. The number of halogens is 1. The van der Waals surface area contributed by atoms with Gasteiger partial charge in [0.15, 0.2) is 0 Å². The molecule has 0 aliphatic heterocycles. The predicted octanol–water partition coefficient (Wildman–Crippen LogP) is 5.13. The van der Waals surface area contributed by atoms with Gasteiger partial charge < -0.3 is 5.32 Å². The molecule has 0 heterocycles. The summed E-state index contributed by atoms with van der Waals surface area (Å²) in [6, 6.07) is 15.3. The smallest absolute Gasteiger partial charge is 0.251 e. The van der Waals surface area contributed by atoms with E-state index in [1.165, 1.54) is 5.56 Å². The molecule has 2 nitrogen and oxygen atoms in total. The van der Waals surface area contributed by atoms with Crippen molar-refractivity contribution in [1.29, 1.82) is 0 Å². The van der Waals surface area contributed by atoms with Gasteiger partial charge in [0.05, 0.1) is 6.04 Å². The number of hydrogen-bond acceptors (Lipinski definition) is 1. The highest BCUT2D eigenvalue weighted by atomic mass is 35.5. The number of rotatable bonds is 3. The van der Waals surface area contributed by atoms with Crippen molar-refractivity contribution in [2.24, 2.45) is 0 Å². The molecule has 0 fully saturated rings. The fourth-order valence-electron chi connectivity index (χ4n) is 2.26. The van der Waals surface area contributed by atoms with Crippen molar-refractivity contribution in [3.05, 3.63) is 70.2 Å². The zero-order valence-electron chi connectivity index (χ0n) is 13.5. The first-order chi connectivity index (χ1) is 10.3. The van der Waals surface area contributed by atoms with Gasteiger partial charge in [0, 0.05) is 10.6 Å². The second-order valence-electron chi connectivity index (χ2n) is 6.58. The lowest BCUT2D eigenvalue weighted by Crippen LogP contribution is -2.26. The second kappa shape index (κ2) is 6.53. The molecule has 1 amide bonds. The molecule has 0 aliphatic rings. The van der Waals surface area contributed by atoms with E-state index in [1.54, 1.807) is 24.3 Å². The van der Waals surface area contributed by atoms with Crippen LogP contribution in [0.3, 0.4) is 0 Å².